The molecule has 2 N–H and O–H groups in total. The first-order valence-electron chi connectivity index (χ1n) is 7.75. The van der Waals surface area contributed by atoms with Gasteiger partial charge >= 0.3 is 6.03 Å². The summed E-state index contributed by atoms with van der Waals surface area (Å²) in [5.41, 5.74) is 0.131. The molecular formula is C16H23F2N3O2. The van der Waals surface area contributed by atoms with Crippen LogP contribution in [0.4, 0.5) is 13.6 Å². The number of ether oxygens (including phenoxy) is 1. The van der Waals surface area contributed by atoms with E-state index in [1.807, 2.05) is 0 Å². The van der Waals surface area contributed by atoms with Gasteiger partial charge in [-0.1, -0.05) is 0 Å². The molecular weight excluding hydrogens is 304 g/mol. The maximum atomic E-state index is 13.4. The van der Waals surface area contributed by atoms with Gasteiger partial charge in [0.05, 0.1) is 6.61 Å². The fourth-order valence-electron chi connectivity index (χ4n) is 2.66. The average molecular weight is 327 g/mol. The predicted molar refractivity (Wildman–Crippen MR) is 83.0 cm³/mol. The van der Waals surface area contributed by atoms with E-state index in [2.05, 4.69) is 15.5 Å². The van der Waals surface area contributed by atoms with E-state index in [-0.39, 0.29) is 18.1 Å². The molecule has 1 saturated heterocycles. The summed E-state index contributed by atoms with van der Waals surface area (Å²) >= 11 is 0. The van der Waals surface area contributed by atoms with Crippen molar-refractivity contribution < 1.29 is 18.3 Å². The zero-order valence-electron chi connectivity index (χ0n) is 13.3. The minimum absolute atomic E-state index is 0.0416. The van der Waals surface area contributed by atoms with Crippen molar-refractivity contribution >= 4 is 6.03 Å². The largest absolute Gasteiger partial charge is 0.383 e. The number of nitrogens with zero attached hydrogens (tertiary/aromatic N) is 1. The molecule has 1 heterocycles. The summed E-state index contributed by atoms with van der Waals surface area (Å²) < 4.78 is 31.5. The molecule has 1 aromatic carbocycles. The van der Waals surface area contributed by atoms with Gasteiger partial charge in [0.25, 0.3) is 0 Å². The van der Waals surface area contributed by atoms with Crippen molar-refractivity contribution in [2.24, 2.45) is 5.92 Å². The van der Waals surface area contributed by atoms with Crippen LogP contribution in [0.5, 0.6) is 0 Å². The van der Waals surface area contributed by atoms with Crippen molar-refractivity contribution in [1.82, 2.24) is 15.5 Å². The summed E-state index contributed by atoms with van der Waals surface area (Å²) in [5.74, 6) is -0.648. The summed E-state index contributed by atoms with van der Waals surface area (Å²) in [6.07, 6.45) is 1.03. The lowest BCUT2D eigenvalue weighted by atomic mass is 10.1. The SMILES string of the molecule is COCCN1CC[C@H](CNC(=O)NCc2cc(F)ccc2F)C1. The monoisotopic (exact) mass is 327 g/mol. The topological polar surface area (TPSA) is 53.6 Å². The molecule has 1 aliphatic heterocycles. The Balaban J connectivity index is 1.67. The van der Waals surface area contributed by atoms with Crippen molar-refractivity contribution in [2.75, 3.05) is 39.9 Å². The highest BCUT2D eigenvalue weighted by Gasteiger charge is 2.22. The second-order valence-corrected chi connectivity index (χ2v) is 5.75. The zero-order valence-corrected chi connectivity index (χ0v) is 13.3. The van der Waals surface area contributed by atoms with Gasteiger partial charge in [-0.25, -0.2) is 13.6 Å². The number of urea groups is 1. The molecule has 0 saturated carbocycles. The molecule has 0 spiro atoms. The Morgan fingerprint density at radius 1 is 1.39 bits per heavy atom. The van der Waals surface area contributed by atoms with Gasteiger partial charge in [-0.05, 0) is 37.1 Å². The molecule has 0 aromatic heterocycles. The van der Waals surface area contributed by atoms with Crippen LogP contribution in [-0.4, -0.2) is 50.8 Å². The summed E-state index contributed by atoms with van der Waals surface area (Å²) in [6.45, 7) is 4.08. The van der Waals surface area contributed by atoms with E-state index in [0.717, 1.165) is 44.3 Å². The Bertz CT molecular complexity index is 528. The lowest BCUT2D eigenvalue weighted by molar-refractivity contribution is 0.159. The predicted octanol–water partition coefficient (Wildman–Crippen LogP) is 1.73. The summed E-state index contributed by atoms with van der Waals surface area (Å²) in [6, 6.07) is 2.82. The lowest BCUT2D eigenvalue weighted by Gasteiger charge is -2.15. The Kier molecular flexibility index (Phi) is 6.73. The summed E-state index contributed by atoms with van der Waals surface area (Å²) in [4.78, 5) is 14.1. The zero-order chi connectivity index (χ0) is 16.7. The van der Waals surface area contributed by atoms with Gasteiger partial charge in [0, 0.05) is 38.9 Å². The fraction of sp³-hybridized carbons (Fsp3) is 0.562. The molecule has 0 radical (unpaired) electrons. The number of halogens is 2. The van der Waals surface area contributed by atoms with Crippen LogP contribution in [0, 0.1) is 17.6 Å². The van der Waals surface area contributed by atoms with Crippen LogP contribution in [0.25, 0.3) is 0 Å². The highest BCUT2D eigenvalue weighted by atomic mass is 19.1. The number of likely N-dealkylation sites (tertiary alicyclic amines) is 1. The second-order valence-electron chi connectivity index (χ2n) is 5.75. The third-order valence-corrected chi connectivity index (χ3v) is 3.98. The van der Waals surface area contributed by atoms with Crippen LogP contribution in [0.2, 0.25) is 0 Å². The van der Waals surface area contributed by atoms with Gasteiger partial charge in [0.1, 0.15) is 11.6 Å². The van der Waals surface area contributed by atoms with Gasteiger partial charge < -0.3 is 20.3 Å². The van der Waals surface area contributed by atoms with E-state index in [4.69, 9.17) is 4.74 Å². The quantitative estimate of drug-likeness (QED) is 0.802. The standard InChI is InChI=1S/C16H23F2N3O2/c1-23-7-6-21-5-4-12(11-21)9-19-16(22)20-10-13-8-14(17)2-3-15(13)18/h2-3,8,12H,4-7,9-11H2,1H3,(H2,19,20,22)/t12-/m1/s1. The molecule has 1 aromatic rings. The normalized spacial score (nSPS) is 18.1. The van der Waals surface area contributed by atoms with E-state index in [0.29, 0.717) is 19.1 Å². The fourth-order valence-corrected chi connectivity index (χ4v) is 2.66. The minimum atomic E-state index is -0.531. The average Bonchev–Trinajstić information content (AvgIpc) is 2.99. The van der Waals surface area contributed by atoms with Crippen molar-refractivity contribution in [3.8, 4) is 0 Å². The maximum Gasteiger partial charge on any atom is 0.315 e. The molecule has 2 rings (SSSR count). The van der Waals surface area contributed by atoms with Crippen LogP contribution < -0.4 is 10.6 Å². The summed E-state index contributed by atoms with van der Waals surface area (Å²) in [7, 11) is 1.68. The van der Waals surface area contributed by atoms with Gasteiger partial charge in [-0.15, -0.1) is 0 Å². The van der Waals surface area contributed by atoms with Crippen LogP contribution >= 0.6 is 0 Å². The Morgan fingerprint density at radius 2 is 2.22 bits per heavy atom. The number of benzene rings is 1. The Hall–Kier alpha value is -1.73. The number of amides is 2. The van der Waals surface area contributed by atoms with Crippen LogP contribution in [0.1, 0.15) is 12.0 Å². The van der Waals surface area contributed by atoms with Gasteiger partial charge in [-0.3, -0.25) is 0 Å². The van der Waals surface area contributed by atoms with Crippen molar-refractivity contribution in [1.29, 1.82) is 0 Å². The molecule has 0 aliphatic carbocycles. The van der Waals surface area contributed by atoms with Crippen LogP contribution in [-0.2, 0) is 11.3 Å². The number of hydrogen-bond acceptors (Lipinski definition) is 3. The number of rotatable bonds is 7. The van der Waals surface area contributed by atoms with E-state index < -0.39 is 11.6 Å². The van der Waals surface area contributed by atoms with E-state index in [9.17, 15) is 13.6 Å². The second kappa shape index (κ2) is 8.79. The molecule has 2 amide bonds. The molecule has 0 unspecified atom stereocenters. The number of nitrogens with one attached hydrogen (secondary N) is 2. The smallest absolute Gasteiger partial charge is 0.315 e. The number of hydrogen-bond donors (Lipinski definition) is 2. The van der Waals surface area contributed by atoms with Crippen LogP contribution in [0.3, 0.4) is 0 Å². The summed E-state index contributed by atoms with van der Waals surface area (Å²) in [5, 5.41) is 5.33. The van der Waals surface area contributed by atoms with Crippen molar-refractivity contribution in [2.45, 2.75) is 13.0 Å². The minimum Gasteiger partial charge on any atom is -0.383 e. The Morgan fingerprint density at radius 3 is 3.00 bits per heavy atom. The molecule has 0 bridgehead atoms. The highest BCUT2D eigenvalue weighted by molar-refractivity contribution is 5.73. The van der Waals surface area contributed by atoms with Crippen LogP contribution in [0.15, 0.2) is 18.2 Å². The Labute approximate surface area is 135 Å². The first kappa shape index (κ1) is 17.6. The van der Waals surface area contributed by atoms with Gasteiger partial charge in [0.15, 0.2) is 0 Å². The van der Waals surface area contributed by atoms with E-state index in [1.54, 1.807) is 7.11 Å². The molecule has 7 heteroatoms. The van der Waals surface area contributed by atoms with Gasteiger partial charge in [-0.2, -0.15) is 0 Å². The third kappa shape index (κ3) is 5.76. The number of methoxy groups -OCH3 is 1. The van der Waals surface area contributed by atoms with Crippen molar-refractivity contribution in [3.63, 3.8) is 0 Å². The maximum absolute atomic E-state index is 13.4. The molecule has 1 fully saturated rings. The molecule has 128 valence electrons. The van der Waals surface area contributed by atoms with Crippen molar-refractivity contribution in [3.05, 3.63) is 35.4 Å². The first-order valence-corrected chi connectivity index (χ1v) is 7.75. The molecule has 23 heavy (non-hydrogen) atoms. The highest BCUT2D eigenvalue weighted by Crippen LogP contribution is 2.14. The molecule has 5 nitrogen and oxygen atoms in total. The third-order valence-electron chi connectivity index (χ3n) is 3.98. The molecule has 1 aliphatic rings. The number of carbonyl (C=O) groups excluding carboxylic acids is 1. The number of carbonyl (C=O) groups is 1. The van der Waals surface area contributed by atoms with Gasteiger partial charge in [0.2, 0.25) is 0 Å². The lowest BCUT2D eigenvalue weighted by Crippen LogP contribution is -2.38. The first-order chi connectivity index (χ1) is 11.1. The van der Waals surface area contributed by atoms with E-state index in [1.165, 1.54) is 0 Å². The van der Waals surface area contributed by atoms with E-state index >= 15 is 0 Å². The molecule has 1 atom stereocenters.